The number of benzene rings is 1. The van der Waals surface area contributed by atoms with Crippen LogP contribution in [-0.4, -0.2) is 18.0 Å². The van der Waals surface area contributed by atoms with Gasteiger partial charge in [-0.1, -0.05) is 45.6 Å². The van der Waals surface area contributed by atoms with Gasteiger partial charge in [-0.05, 0) is 42.3 Å². The normalized spacial score (nSPS) is 24.1. The second kappa shape index (κ2) is 6.09. The van der Waals surface area contributed by atoms with Crippen molar-refractivity contribution in [2.24, 2.45) is 11.3 Å². The summed E-state index contributed by atoms with van der Waals surface area (Å²) in [6, 6.07) is 5.25. The molecule has 0 spiro atoms. The first-order valence-electron chi connectivity index (χ1n) is 7.58. The maximum Gasteiger partial charge on any atom is 0.128 e. The summed E-state index contributed by atoms with van der Waals surface area (Å²) in [5, 5.41) is 0. The van der Waals surface area contributed by atoms with E-state index in [1.165, 1.54) is 12.8 Å². The Balaban J connectivity index is 2.16. The van der Waals surface area contributed by atoms with E-state index in [1.807, 2.05) is 6.07 Å². The van der Waals surface area contributed by atoms with Crippen molar-refractivity contribution in [2.45, 2.75) is 40.2 Å². The topological polar surface area (TPSA) is 3.24 Å². The molecular weight excluding hydrogens is 249 g/mol. The highest BCUT2D eigenvalue weighted by Gasteiger charge is 2.33. The van der Waals surface area contributed by atoms with Crippen LogP contribution in [0.4, 0.5) is 4.39 Å². The van der Waals surface area contributed by atoms with Gasteiger partial charge in [0.2, 0.25) is 0 Å². The predicted molar refractivity (Wildman–Crippen MR) is 83.9 cm³/mol. The van der Waals surface area contributed by atoms with Crippen LogP contribution in [0.25, 0.3) is 6.08 Å². The van der Waals surface area contributed by atoms with Crippen LogP contribution in [0.1, 0.15) is 44.7 Å². The first-order chi connectivity index (χ1) is 9.46. The molecule has 0 radical (unpaired) electrons. The van der Waals surface area contributed by atoms with Crippen LogP contribution in [0.3, 0.4) is 0 Å². The summed E-state index contributed by atoms with van der Waals surface area (Å²) in [5.41, 5.74) is 2.05. The molecule has 0 saturated carbocycles. The van der Waals surface area contributed by atoms with Crippen LogP contribution in [0.2, 0.25) is 0 Å². The maximum atomic E-state index is 14.1. The third-order valence-electron chi connectivity index (χ3n) is 4.96. The Morgan fingerprint density at radius 2 is 2.20 bits per heavy atom. The first kappa shape index (κ1) is 15.2. The largest absolute Gasteiger partial charge is 0.298 e. The highest BCUT2D eigenvalue weighted by Crippen LogP contribution is 2.37. The molecule has 1 fully saturated rings. The van der Waals surface area contributed by atoms with Gasteiger partial charge in [-0.2, -0.15) is 0 Å². The highest BCUT2D eigenvalue weighted by molar-refractivity contribution is 5.52. The van der Waals surface area contributed by atoms with Gasteiger partial charge in [0.1, 0.15) is 5.82 Å². The van der Waals surface area contributed by atoms with Gasteiger partial charge >= 0.3 is 0 Å². The van der Waals surface area contributed by atoms with Crippen molar-refractivity contribution in [1.82, 2.24) is 4.90 Å². The molecule has 0 amide bonds. The van der Waals surface area contributed by atoms with Gasteiger partial charge in [-0.15, -0.1) is 0 Å². The van der Waals surface area contributed by atoms with Gasteiger partial charge < -0.3 is 0 Å². The molecule has 0 aromatic heterocycles. The zero-order chi connectivity index (χ0) is 14.8. The predicted octanol–water partition coefficient (Wildman–Crippen LogP) is 4.73. The van der Waals surface area contributed by atoms with E-state index in [4.69, 9.17) is 0 Å². The fourth-order valence-electron chi connectivity index (χ4n) is 3.14. The smallest absolute Gasteiger partial charge is 0.128 e. The highest BCUT2D eigenvalue weighted by atomic mass is 19.1. The Kier molecular flexibility index (Phi) is 4.64. The number of likely N-dealkylation sites (tertiary alicyclic amines) is 1. The van der Waals surface area contributed by atoms with Gasteiger partial charge in [0.25, 0.3) is 0 Å². The van der Waals surface area contributed by atoms with Crippen LogP contribution in [0, 0.1) is 17.2 Å². The Morgan fingerprint density at radius 1 is 1.45 bits per heavy atom. The summed E-state index contributed by atoms with van der Waals surface area (Å²) in [6.07, 6.45) is 4.23. The molecule has 110 valence electrons. The Hall–Kier alpha value is -1.15. The third-order valence-corrected chi connectivity index (χ3v) is 4.96. The Morgan fingerprint density at radius 3 is 2.85 bits per heavy atom. The summed E-state index contributed by atoms with van der Waals surface area (Å²) in [7, 11) is 0. The van der Waals surface area contributed by atoms with E-state index in [0.29, 0.717) is 17.9 Å². The van der Waals surface area contributed by atoms with Crippen LogP contribution >= 0.6 is 0 Å². The second-order valence-corrected chi connectivity index (χ2v) is 6.63. The van der Waals surface area contributed by atoms with Crippen molar-refractivity contribution in [2.75, 3.05) is 13.1 Å². The molecule has 1 nitrogen and oxygen atoms in total. The lowest BCUT2D eigenvalue weighted by Crippen LogP contribution is -2.44. The van der Waals surface area contributed by atoms with Crippen molar-refractivity contribution in [3.8, 4) is 0 Å². The second-order valence-electron chi connectivity index (χ2n) is 6.63. The standard InChI is InChI=1S/C18H26FN/c1-5-15-8-6-9-17(19)16(15)12-20-11-7-10-18(4,13-20)14(2)3/h5-6,8-9,14H,1,7,10-13H2,2-4H3. The molecule has 1 unspecified atom stereocenters. The average Bonchev–Trinajstić information content (AvgIpc) is 2.41. The maximum absolute atomic E-state index is 14.1. The molecule has 1 aliphatic rings. The van der Waals surface area contributed by atoms with Crippen LogP contribution in [-0.2, 0) is 6.54 Å². The molecule has 0 aliphatic carbocycles. The summed E-state index contributed by atoms with van der Waals surface area (Å²) in [4.78, 5) is 2.40. The number of halogens is 1. The summed E-state index contributed by atoms with van der Waals surface area (Å²) in [6.45, 7) is 13.5. The Labute approximate surface area is 122 Å². The zero-order valence-electron chi connectivity index (χ0n) is 13.0. The number of piperidine rings is 1. The molecule has 1 heterocycles. The molecule has 1 aromatic carbocycles. The molecule has 1 atom stereocenters. The SMILES string of the molecule is C=Cc1cccc(F)c1CN1CCCC(C)(C(C)C)C1. The first-order valence-corrected chi connectivity index (χ1v) is 7.58. The molecular formula is C18H26FN. The number of hydrogen-bond donors (Lipinski definition) is 0. The molecule has 0 bridgehead atoms. The van der Waals surface area contributed by atoms with E-state index in [0.717, 1.165) is 24.2 Å². The quantitative estimate of drug-likeness (QED) is 0.768. The Bertz CT molecular complexity index is 480. The molecule has 2 rings (SSSR count). The molecule has 1 aromatic rings. The van der Waals surface area contributed by atoms with E-state index in [2.05, 4.69) is 32.3 Å². The van der Waals surface area contributed by atoms with E-state index in [1.54, 1.807) is 18.2 Å². The minimum absolute atomic E-state index is 0.112. The lowest BCUT2D eigenvalue weighted by atomic mass is 9.73. The number of hydrogen-bond acceptors (Lipinski definition) is 1. The van der Waals surface area contributed by atoms with Crippen molar-refractivity contribution in [3.05, 3.63) is 41.7 Å². The van der Waals surface area contributed by atoms with Gasteiger partial charge in [-0.25, -0.2) is 4.39 Å². The summed E-state index contributed by atoms with van der Waals surface area (Å²) < 4.78 is 14.1. The lowest BCUT2D eigenvalue weighted by Gasteiger charge is -2.43. The fourth-order valence-corrected chi connectivity index (χ4v) is 3.14. The molecule has 1 saturated heterocycles. The summed E-state index contributed by atoms with van der Waals surface area (Å²) >= 11 is 0. The van der Waals surface area contributed by atoms with Crippen molar-refractivity contribution < 1.29 is 4.39 Å². The molecule has 20 heavy (non-hydrogen) atoms. The number of rotatable bonds is 4. The molecule has 0 N–H and O–H groups in total. The van der Waals surface area contributed by atoms with Gasteiger partial charge in [-0.3, -0.25) is 4.90 Å². The van der Waals surface area contributed by atoms with Crippen molar-refractivity contribution >= 4 is 6.08 Å². The lowest BCUT2D eigenvalue weighted by molar-refractivity contribution is 0.0582. The van der Waals surface area contributed by atoms with Crippen LogP contribution in [0.5, 0.6) is 0 Å². The molecule has 2 heteroatoms. The van der Waals surface area contributed by atoms with E-state index < -0.39 is 0 Å². The van der Waals surface area contributed by atoms with Crippen molar-refractivity contribution in [3.63, 3.8) is 0 Å². The van der Waals surface area contributed by atoms with Crippen molar-refractivity contribution in [1.29, 1.82) is 0 Å². The van der Waals surface area contributed by atoms with Gasteiger partial charge in [0, 0.05) is 18.7 Å². The minimum Gasteiger partial charge on any atom is -0.298 e. The molecule has 1 aliphatic heterocycles. The third kappa shape index (κ3) is 3.12. The van der Waals surface area contributed by atoms with E-state index >= 15 is 0 Å². The van der Waals surface area contributed by atoms with Crippen LogP contribution in [0.15, 0.2) is 24.8 Å². The van der Waals surface area contributed by atoms with Crippen LogP contribution < -0.4 is 0 Å². The monoisotopic (exact) mass is 275 g/mol. The van der Waals surface area contributed by atoms with Gasteiger partial charge in [0.05, 0.1) is 0 Å². The zero-order valence-corrected chi connectivity index (χ0v) is 13.0. The minimum atomic E-state index is -0.112. The van der Waals surface area contributed by atoms with E-state index in [9.17, 15) is 4.39 Å². The number of nitrogens with zero attached hydrogens (tertiary/aromatic N) is 1. The fraction of sp³-hybridized carbons (Fsp3) is 0.556. The average molecular weight is 275 g/mol. The van der Waals surface area contributed by atoms with Gasteiger partial charge in [0.15, 0.2) is 0 Å². The summed E-state index contributed by atoms with van der Waals surface area (Å²) in [5.74, 6) is 0.545. The van der Waals surface area contributed by atoms with E-state index in [-0.39, 0.29) is 5.82 Å².